The van der Waals surface area contributed by atoms with Crippen LogP contribution >= 0.6 is 0 Å². The van der Waals surface area contributed by atoms with E-state index in [0.29, 0.717) is 0 Å². The molecule has 1 aliphatic carbocycles. The molecule has 2 heteroatoms. The van der Waals surface area contributed by atoms with Gasteiger partial charge in [0.2, 0.25) is 0 Å². The van der Waals surface area contributed by atoms with Crippen molar-refractivity contribution in [3.05, 3.63) is 23.4 Å². The number of hydrogen-bond acceptors (Lipinski definition) is 2. The Kier molecular flexibility index (Phi) is 1.06. The van der Waals surface area contributed by atoms with Crippen molar-refractivity contribution in [2.24, 2.45) is 0 Å². The molecular weight excluding hydrogens is 112 g/mol. The van der Waals surface area contributed by atoms with Gasteiger partial charge in [0, 0.05) is 12.2 Å². The van der Waals surface area contributed by atoms with Gasteiger partial charge in [-0.2, -0.15) is 0 Å². The van der Waals surface area contributed by atoms with Crippen molar-refractivity contribution >= 4 is 0 Å². The van der Waals surface area contributed by atoms with E-state index in [4.69, 9.17) is 0 Å². The maximum absolute atomic E-state index is 3.10. The monoisotopic (exact) mass is 122 g/mol. The van der Waals surface area contributed by atoms with Crippen LogP contribution in [0.15, 0.2) is 23.4 Å². The minimum absolute atomic E-state index is 0.992. The lowest BCUT2D eigenvalue weighted by Crippen LogP contribution is -2.20. The van der Waals surface area contributed by atoms with Crippen LogP contribution in [0.3, 0.4) is 0 Å². The molecule has 0 bridgehead atoms. The zero-order chi connectivity index (χ0) is 6.10. The van der Waals surface area contributed by atoms with E-state index in [0.717, 1.165) is 6.54 Å². The van der Waals surface area contributed by atoms with E-state index < -0.39 is 0 Å². The summed E-state index contributed by atoms with van der Waals surface area (Å²) in [7, 11) is 0. The molecule has 0 aromatic carbocycles. The average molecular weight is 122 g/mol. The molecular formula is C7H10N2. The fourth-order valence-electron chi connectivity index (χ4n) is 1.26. The second kappa shape index (κ2) is 1.88. The highest BCUT2D eigenvalue weighted by atomic mass is 15.4. The summed E-state index contributed by atoms with van der Waals surface area (Å²) in [5.41, 5.74) is 8.90. The van der Waals surface area contributed by atoms with Crippen molar-refractivity contribution in [1.82, 2.24) is 10.9 Å². The Hall–Kier alpha value is -0.760. The first kappa shape index (κ1) is 5.06. The second-order valence-electron chi connectivity index (χ2n) is 2.40. The third kappa shape index (κ3) is 0.754. The molecule has 0 atom stereocenters. The number of rotatable bonds is 0. The molecule has 1 heterocycles. The lowest BCUT2D eigenvalue weighted by molar-refractivity contribution is 0.725. The maximum Gasteiger partial charge on any atom is 0.0490 e. The second-order valence-corrected chi connectivity index (χ2v) is 2.40. The van der Waals surface area contributed by atoms with Gasteiger partial charge in [-0.25, -0.2) is 5.43 Å². The molecule has 0 unspecified atom stereocenters. The SMILES string of the molecule is C1=C2CNNC2=CCC1. The van der Waals surface area contributed by atoms with Gasteiger partial charge in [0.25, 0.3) is 0 Å². The molecule has 0 radical (unpaired) electrons. The highest BCUT2D eigenvalue weighted by Gasteiger charge is 2.12. The van der Waals surface area contributed by atoms with Gasteiger partial charge in [-0.3, -0.25) is 0 Å². The number of hydrazine groups is 1. The third-order valence-corrected chi connectivity index (χ3v) is 1.75. The lowest BCUT2D eigenvalue weighted by atomic mass is 10.1. The van der Waals surface area contributed by atoms with Gasteiger partial charge in [0.15, 0.2) is 0 Å². The van der Waals surface area contributed by atoms with Crippen LogP contribution in [-0.4, -0.2) is 6.54 Å². The van der Waals surface area contributed by atoms with Gasteiger partial charge >= 0.3 is 0 Å². The molecule has 2 nitrogen and oxygen atoms in total. The number of allylic oxidation sites excluding steroid dienone is 2. The molecule has 0 amide bonds. The van der Waals surface area contributed by atoms with Crippen LogP contribution in [0.1, 0.15) is 12.8 Å². The van der Waals surface area contributed by atoms with E-state index >= 15 is 0 Å². The Morgan fingerprint density at radius 2 is 2.11 bits per heavy atom. The molecule has 1 saturated heterocycles. The van der Waals surface area contributed by atoms with Crippen molar-refractivity contribution < 1.29 is 0 Å². The number of hydrogen-bond donors (Lipinski definition) is 2. The molecule has 1 fully saturated rings. The normalized spacial score (nSPS) is 24.0. The van der Waals surface area contributed by atoms with Crippen molar-refractivity contribution in [2.75, 3.05) is 6.54 Å². The minimum atomic E-state index is 0.992. The molecule has 0 aromatic heterocycles. The topological polar surface area (TPSA) is 24.1 Å². The van der Waals surface area contributed by atoms with Gasteiger partial charge < -0.3 is 5.43 Å². The standard InChI is InChI=1S/C7H10N2/c1-2-4-7-6(3-1)5-8-9-7/h3-4,8-9H,1-2,5H2. The Morgan fingerprint density at radius 1 is 1.22 bits per heavy atom. The molecule has 0 saturated carbocycles. The summed E-state index contributed by atoms with van der Waals surface area (Å²) in [6, 6.07) is 0. The first-order valence-electron chi connectivity index (χ1n) is 3.35. The van der Waals surface area contributed by atoms with Crippen molar-refractivity contribution in [3.8, 4) is 0 Å². The van der Waals surface area contributed by atoms with E-state index in [2.05, 4.69) is 23.0 Å². The van der Waals surface area contributed by atoms with Gasteiger partial charge in [0.1, 0.15) is 0 Å². The van der Waals surface area contributed by atoms with Crippen LogP contribution in [0.2, 0.25) is 0 Å². The molecule has 1 aliphatic heterocycles. The van der Waals surface area contributed by atoms with Crippen LogP contribution in [0.25, 0.3) is 0 Å². The Morgan fingerprint density at radius 3 is 3.00 bits per heavy atom. The summed E-state index contributed by atoms with van der Waals surface area (Å²) in [6.45, 7) is 0.992. The van der Waals surface area contributed by atoms with Gasteiger partial charge in [-0.1, -0.05) is 12.2 Å². The quantitative estimate of drug-likeness (QED) is 0.494. The molecule has 2 rings (SSSR count). The largest absolute Gasteiger partial charge is 0.321 e. The molecule has 48 valence electrons. The van der Waals surface area contributed by atoms with Gasteiger partial charge in [-0.15, -0.1) is 0 Å². The highest BCUT2D eigenvalue weighted by Crippen LogP contribution is 2.17. The van der Waals surface area contributed by atoms with E-state index in [9.17, 15) is 0 Å². The predicted molar refractivity (Wildman–Crippen MR) is 36.5 cm³/mol. The molecule has 2 N–H and O–H groups in total. The summed E-state index contributed by atoms with van der Waals surface area (Å²) >= 11 is 0. The van der Waals surface area contributed by atoms with Crippen molar-refractivity contribution in [3.63, 3.8) is 0 Å². The number of fused-ring (bicyclic) bond motifs is 1. The lowest BCUT2D eigenvalue weighted by Gasteiger charge is -2.04. The first-order valence-corrected chi connectivity index (χ1v) is 3.35. The first-order chi connectivity index (χ1) is 4.47. The van der Waals surface area contributed by atoms with Gasteiger partial charge in [0.05, 0.1) is 0 Å². The molecule has 0 aromatic rings. The Labute approximate surface area is 54.6 Å². The molecule has 9 heavy (non-hydrogen) atoms. The average Bonchev–Trinajstić information content (AvgIpc) is 2.33. The summed E-state index contributed by atoms with van der Waals surface area (Å²) in [5, 5.41) is 0. The van der Waals surface area contributed by atoms with E-state index in [1.165, 1.54) is 24.1 Å². The Bertz CT molecular complexity index is 159. The maximum atomic E-state index is 3.10. The molecule has 2 aliphatic rings. The van der Waals surface area contributed by atoms with Crippen LogP contribution in [0, 0.1) is 0 Å². The fourth-order valence-corrected chi connectivity index (χ4v) is 1.26. The van der Waals surface area contributed by atoms with Gasteiger partial charge in [-0.05, 0) is 18.4 Å². The summed E-state index contributed by atoms with van der Waals surface area (Å²) < 4.78 is 0. The van der Waals surface area contributed by atoms with E-state index in [1.54, 1.807) is 0 Å². The smallest absolute Gasteiger partial charge is 0.0490 e. The predicted octanol–water partition coefficient (Wildman–Crippen LogP) is 0.698. The third-order valence-electron chi connectivity index (χ3n) is 1.75. The van der Waals surface area contributed by atoms with E-state index in [1.807, 2.05) is 0 Å². The zero-order valence-electron chi connectivity index (χ0n) is 5.28. The summed E-state index contributed by atoms with van der Waals surface area (Å²) in [5.74, 6) is 0. The van der Waals surface area contributed by atoms with Crippen LogP contribution in [-0.2, 0) is 0 Å². The highest BCUT2D eigenvalue weighted by molar-refractivity contribution is 5.35. The zero-order valence-corrected chi connectivity index (χ0v) is 5.28. The summed E-state index contributed by atoms with van der Waals surface area (Å²) in [6.07, 6.45) is 6.94. The van der Waals surface area contributed by atoms with Crippen LogP contribution < -0.4 is 10.9 Å². The van der Waals surface area contributed by atoms with E-state index in [-0.39, 0.29) is 0 Å². The van der Waals surface area contributed by atoms with Crippen LogP contribution in [0.4, 0.5) is 0 Å². The number of nitrogens with one attached hydrogen (secondary N) is 2. The summed E-state index contributed by atoms with van der Waals surface area (Å²) in [4.78, 5) is 0. The minimum Gasteiger partial charge on any atom is -0.321 e. The van der Waals surface area contributed by atoms with Crippen molar-refractivity contribution in [2.45, 2.75) is 12.8 Å². The Balaban J connectivity index is 2.30. The fraction of sp³-hybridized carbons (Fsp3) is 0.429. The molecule has 0 spiro atoms. The van der Waals surface area contributed by atoms with Crippen LogP contribution in [0.5, 0.6) is 0 Å². The van der Waals surface area contributed by atoms with Crippen molar-refractivity contribution in [1.29, 1.82) is 0 Å².